The van der Waals surface area contributed by atoms with Gasteiger partial charge in [-0.05, 0) is 30.9 Å². The summed E-state index contributed by atoms with van der Waals surface area (Å²) in [6.45, 7) is 8.65. The Bertz CT molecular complexity index is 729. The molecule has 0 aliphatic rings. The molecule has 0 bridgehead atoms. The summed E-state index contributed by atoms with van der Waals surface area (Å²) < 4.78 is 1.56. The van der Waals surface area contributed by atoms with Crippen LogP contribution >= 0.6 is 0 Å². The molecular weight excluding hydrogens is 264 g/mol. The van der Waals surface area contributed by atoms with Crippen molar-refractivity contribution < 1.29 is 4.79 Å². The number of hydrogen-bond acceptors (Lipinski definition) is 2. The van der Waals surface area contributed by atoms with Gasteiger partial charge in [0.25, 0.3) is 5.56 Å². The van der Waals surface area contributed by atoms with Crippen LogP contribution in [-0.4, -0.2) is 17.0 Å². The number of amides is 1. The van der Waals surface area contributed by atoms with Gasteiger partial charge in [-0.3, -0.25) is 14.2 Å². The van der Waals surface area contributed by atoms with Crippen LogP contribution in [0, 0.1) is 19.8 Å². The molecule has 4 nitrogen and oxygen atoms in total. The van der Waals surface area contributed by atoms with Crippen LogP contribution in [0.15, 0.2) is 29.1 Å². The molecule has 112 valence electrons. The molecule has 1 aromatic carbocycles. The standard InChI is InChI=1S/C17H22N2O2/c1-11(2)9-18-15(20)10-19-16(21)8-13(4)14-7-5-6-12(3)17(14)19/h5-8,11H,9-10H2,1-4H3,(H,18,20). The Balaban J connectivity index is 2.44. The fourth-order valence-electron chi connectivity index (χ4n) is 2.46. The maximum Gasteiger partial charge on any atom is 0.251 e. The number of hydrogen-bond donors (Lipinski definition) is 1. The van der Waals surface area contributed by atoms with Crippen LogP contribution in [-0.2, 0) is 11.3 Å². The molecule has 0 atom stereocenters. The maximum absolute atomic E-state index is 12.3. The molecule has 1 aromatic heterocycles. The number of pyridine rings is 1. The zero-order valence-electron chi connectivity index (χ0n) is 13.1. The van der Waals surface area contributed by atoms with E-state index in [1.807, 2.05) is 45.9 Å². The van der Waals surface area contributed by atoms with Crippen LogP contribution in [0.2, 0.25) is 0 Å². The number of aryl methyl sites for hydroxylation is 2. The number of carbonyl (C=O) groups is 1. The molecule has 0 saturated carbocycles. The molecule has 21 heavy (non-hydrogen) atoms. The summed E-state index contributed by atoms with van der Waals surface area (Å²) in [5.74, 6) is 0.265. The molecule has 0 unspecified atom stereocenters. The molecule has 1 N–H and O–H groups in total. The van der Waals surface area contributed by atoms with Crippen molar-refractivity contribution in [2.24, 2.45) is 5.92 Å². The number of carbonyl (C=O) groups excluding carboxylic acids is 1. The number of rotatable bonds is 4. The zero-order valence-corrected chi connectivity index (χ0v) is 13.1. The van der Waals surface area contributed by atoms with Gasteiger partial charge in [0.1, 0.15) is 6.54 Å². The lowest BCUT2D eigenvalue weighted by atomic mass is 10.1. The Kier molecular flexibility index (Phi) is 4.46. The molecule has 0 aliphatic carbocycles. The van der Waals surface area contributed by atoms with E-state index in [4.69, 9.17) is 0 Å². The maximum atomic E-state index is 12.3. The van der Waals surface area contributed by atoms with Crippen molar-refractivity contribution in [3.63, 3.8) is 0 Å². The minimum absolute atomic E-state index is 0.0627. The number of para-hydroxylation sites is 1. The van der Waals surface area contributed by atoms with E-state index >= 15 is 0 Å². The topological polar surface area (TPSA) is 51.1 Å². The average molecular weight is 286 g/mol. The normalized spacial score (nSPS) is 11.1. The van der Waals surface area contributed by atoms with Crippen molar-refractivity contribution in [1.82, 2.24) is 9.88 Å². The number of aromatic nitrogens is 1. The lowest BCUT2D eigenvalue weighted by molar-refractivity contribution is -0.121. The third-order valence-electron chi connectivity index (χ3n) is 3.55. The van der Waals surface area contributed by atoms with E-state index in [9.17, 15) is 9.59 Å². The summed E-state index contributed by atoms with van der Waals surface area (Å²) in [7, 11) is 0. The predicted octanol–water partition coefficient (Wildman–Crippen LogP) is 2.39. The van der Waals surface area contributed by atoms with Gasteiger partial charge in [0.2, 0.25) is 5.91 Å². The van der Waals surface area contributed by atoms with Gasteiger partial charge in [-0.25, -0.2) is 0 Å². The molecule has 2 aromatic rings. The Morgan fingerprint density at radius 1 is 1.24 bits per heavy atom. The second-order valence-electron chi connectivity index (χ2n) is 5.92. The molecule has 4 heteroatoms. The molecule has 0 saturated heterocycles. The summed E-state index contributed by atoms with van der Waals surface area (Å²) in [5, 5.41) is 3.88. The lowest BCUT2D eigenvalue weighted by Crippen LogP contribution is -2.34. The summed E-state index contributed by atoms with van der Waals surface area (Å²) in [6, 6.07) is 7.51. The zero-order chi connectivity index (χ0) is 15.6. The first-order valence-electron chi connectivity index (χ1n) is 7.26. The lowest BCUT2D eigenvalue weighted by Gasteiger charge is -2.14. The molecule has 1 heterocycles. The third-order valence-corrected chi connectivity index (χ3v) is 3.55. The Labute approximate surface area is 124 Å². The first-order valence-corrected chi connectivity index (χ1v) is 7.26. The number of fused-ring (bicyclic) bond motifs is 1. The summed E-state index contributed by atoms with van der Waals surface area (Å²) in [4.78, 5) is 24.3. The fourth-order valence-corrected chi connectivity index (χ4v) is 2.46. The molecule has 0 spiro atoms. The van der Waals surface area contributed by atoms with Crippen molar-refractivity contribution in [3.8, 4) is 0 Å². The summed E-state index contributed by atoms with van der Waals surface area (Å²) >= 11 is 0. The molecule has 0 radical (unpaired) electrons. The van der Waals surface area contributed by atoms with E-state index in [0.29, 0.717) is 12.5 Å². The molecule has 1 amide bonds. The van der Waals surface area contributed by atoms with E-state index in [1.54, 1.807) is 10.6 Å². The monoisotopic (exact) mass is 286 g/mol. The van der Waals surface area contributed by atoms with Gasteiger partial charge >= 0.3 is 0 Å². The van der Waals surface area contributed by atoms with Crippen LogP contribution in [0.1, 0.15) is 25.0 Å². The van der Waals surface area contributed by atoms with Gasteiger partial charge in [0.15, 0.2) is 0 Å². The highest BCUT2D eigenvalue weighted by atomic mass is 16.2. The van der Waals surface area contributed by atoms with Crippen molar-refractivity contribution in [2.45, 2.75) is 34.2 Å². The highest BCUT2D eigenvalue weighted by Gasteiger charge is 2.11. The van der Waals surface area contributed by atoms with Crippen LogP contribution in [0.5, 0.6) is 0 Å². The Hall–Kier alpha value is -2.10. The number of benzene rings is 1. The number of nitrogens with one attached hydrogen (secondary N) is 1. The summed E-state index contributed by atoms with van der Waals surface area (Å²) in [6.07, 6.45) is 0. The van der Waals surface area contributed by atoms with Crippen molar-refractivity contribution >= 4 is 16.8 Å². The Morgan fingerprint density at radius 2 is 1.95 bits per heavy atom. The smallest absolute Gasteiger partial charge is 0.251 e. The van der Waals surface area contributed by atoms with E-state index in [0.717, 1.165) is 22.0 Å². The van der Waals surface area contributed by atoms with Gasteiger partial charge in [0.05, 0.1) is 5.52 Å². The average Bonchev–Trinajstić information content (AvgIpc) is 2.41. The highest BCUT2D eigenvalue weighted by molar-refractivity contribution is 5.86. The van der Waals surface area contributed by atoms with Crippen molar-refractivity contribution in [3.05, 3.63) is 45.7 Å². The van der Waals surface area contributed by atoms with Crippen LogP contribution < -0.4 is 10.9 Å². The first-order chi connectivity index (χ1) is 9.90. The third kappa shape index (κ3) is 3.32. The highest BCUT2D eigenvalue weighted by Crippen LogP contribution is 2.19. The van der Waals surface area contributed by atoms with Crippen molar-refractivity contribution in [1.29, 1.82) is 0 Å². The Morgan fingerprint density at radius 3 is 2.62 bits per heavy atom. The van der Waals surface area contributed by atoms with Gasteiger partial charge in [-0.1, -0.05) is 32.0 Å². The summed E-state index contributed by atoms with van der Waals surface area (Å²) in [5.41, 5.74) is 2.67. The fraction of sp³-hybridized carbons (Fsp3) is 0.412. The first kappa shape index (κ1) is 15.3. The van der Waals surface area contributed by atoms with Crippen LogP contribution in [0.3, 0.4) is 0 Å². The van der Waals surface area contributed by atoms with Crippen molar-refractivity contribution in [2.75, 3.05) is 6.54 Å². The largest absolute Gasteiger partial charge is 0.354 e. The minimum atomic E-state index is -0.131. The van der Waals surface area contributed by atoms with Crippen LogP contribution in [0.25, 0.3) is 10.9 Å². The van der Waals surface area contributed by atoms with Gasteiger partial charge in [-0.2, -0.15) is 0 Å². The predicted molar refractivity (Wildman–Crippen MR) is 85.5 cm³/mol. The van der Waals surface area contributed by atoms with Gasteiger partial charge < -0.3 is 5.32 Å². The molecule has 0 fully saturated rings. The number of nitrogens with zero attached hydrogens (tertiary/aromatic N) is 1. The molecule has 0 aliphatic heterocycles. The second kappa shape index (κ2) is 6.12. The van der Waals surface area contributed by atoms with Gasteiger partial charge in [0, 0.05) is 18.0 Å². The van der Waals surface area contributed by atoms with Gasteiger partial charge in [-0.15, -0.1) is 0 Å². The molecule has 2 rings (SSSR count). The van der Waals surface area contributed by atoms with E-state index in [2.05, 4.69) is 5.32 Å². The van der Waals surface area contributed by atoms with E-state index < -0.39 is 0 Å². The minimum Gasteiger partial charge on any atom is -0.354 e. The van der Waals surface area contributed by atoms with Crippen LogP contribution in [0.4, 0.5) is 0 Å². The SMILES string of the molecule is Cc1cc(=O)n(CC(=O)NCC(C)C)c2c(C)cccc12. The quantitative estimate of drug-likeness (QED) is 0.938. The van der Waals surface area contributed by atoms with E-state index in [1.165, 1.54) is 0 Å². The second-order valence-corrected chi connectivity index (χ2v) is 5.92. The van der Waals surface area contributed by atoms with E-state index in [-0.39, 0.29) is 18.0 Å². The molecular formula is C17H22N2O2.